The van der Waals surface area contributed by atoms with Gasteiger partial charge in [0.2, 0.25) is 0 Å². The van der Waals surface area contributed by atoms with E-state index in [-0.39, 0.29) is 12.1 Å². The number of nitrogens with two attached hydrogens (primary N) is 1. The molecule has 20 heavy (non-hydrogen) atoms. The molecule has 0 fully saturated rings. The minimum atomic E-state index is -0.543. The van der Waals surface area contributed by atoms with Crippen molar-refractivity contribution in [2.24, 2.45) is 5.73 Å². The average Bonchev–Trinajstić information content (AvgIpc) is 2.41. The van der Waals surface area contributed by atoms with E-state index in [1.807, 2.05) is 43.1 Å². The third-order valence-electron chi connectivity index (χ3n) is 3.43. The molecule has 0 aromatic heterocycles. The van der Waals surface area contributed by atoms with E-state index in [1.165, 1.54) is 0 Å². The first-order valence-electron chi connectivity index (χ1n) is 6.88. The van der Waals surface area contributed by atoms with Crippen molar-refractivity contribution in [2.45, 2.75) is 31.5 Å². The van der Waals surface area contributed by atoms with Gasteiger partial charge in [-0.1, -0.05) is 36.7 Å². The Morgan fingerprint density at radius 1 is 1.40 bits per heavy atom. The topological polar surface area (TPSA) is 58.7 Å². The highest BCUT2D eigenvalue weighted by atomic mass is 35.5. The molecule has 1 aromatic rings. The molecule has 1 aromatic carbocycles. The van der Waals surface area contributed by atoms with Gasteiger partial charge in [0.1, 0.15) is 0 Å². The first-order chi connectivity index (χ1) is 9.51. The Balaban J connectivity index is 2.92. The molecule has 0 aliphatic heterocycles. The number of methoxy groups -OCH3 is 1. The molecular formula is C15H25ClN2O2. The third-order valence-corrected chi connectivity index (χ3v) is 3.78. The molecule has 0 aliphatic carbocycles. The molecule has 0 aliphatic rings. The van der Waals surface area contributed by atoms with Crippen LogP contribution >= 0.6 is 11.6 Å². The number of rotatable bonds is 8. The van der Waals surface area contributed by atoms with Crippen LogP contribution in [0.4, 0.5) is 0 Å². The summed E-state index contributed by atoms with van der Waals surface area (Å²) >= 11 is 6.29. The maximum absolute atomic E-state index is 9.90. The van der Waals surface area contributed by atoms with Gasteiger partial charge in [0.05, 0.1) is 18.8 Å². The van der Waals surface area contributed by atoms with E-state index < -0.39 is 6.10 Å². The molecule has 0 amide bonds. The van der Waals surface area contributed by atoms with Gasteiger partial charge in [-0.05, 0) is 25.1 Å². The molecule has 1 rings (SSSR count). The van der Waals surface area contributed by atoms with Crippen molar-refractivity contribution in [3.05, 3.63) is 34.9 Å². The average molecular weight is 301 g/mol. The van der Waals surface area contributed by atoms with Crippen LogP contribution in [0.3, 0.4) is 0 Å². The fraction of sp³-hybridized carbons (Fsp3) is 0.600. The van der Waals surface area contributed by atoms with Crippen molar-refractivity contribution in [1.82, 2.24) is 4.90 Å². The molecule has 3 atom stereocenters. The summed E-state index contributed by atoms with van der Waals surface area (Å²) in [6, 6.07) is 7.64. The summed E-state index contributed by atoms with van der Waals surface area (Å²) in [5.74, 6) is 0. The van der Waals surface area contributed by atoms with E-state index in [0.29, 0.717) is 18.2 Å². The van der Waals surface area contributed by atoms with Gasteiger partial charge >= 0.3 is 0 Å². The normalized spacial score (nSPS) is 16.1. The van der Waals surface area contributed by atoms with Gasteiger partial charge < -0.3 is 15.6 Å². The summed E-state index contributed by atoms with van der Waals surface area (Å²) in [6.45, 7) is 2.84. The van der Waals surface area contributed by atoms with Gasteiger partial charge in [-0.25, -0.2) is 0 Å². The van der Waals surface area contributed by atoms with E-state index in [0.717, 1.165) is 12.0 Å². The summed E-state index contributed by atoms with van der Waals surface area (Å²) in [7, 11) is 3.52. The van der Waals surface area contributed by atoms with Gasteiger partial charge in [-0.3, -0.25) is 4.90 Å². The summed E-state index contributed by atoms with van der Waals surface area (Å²) in [5, 5.41) is 10.6. The summed E-state index contributed by atoms with van der Waals surface area (Å²) in [5.41, 5.74) is 7.25. The van der Waals surface area contributed by atoms with Crippen LogP contribution in [0.25, 0.3) is 0 Å². The van der Waals surface area contributed by atoms with Gasteiger partial charge in [0.25, 0.3) is 0 Å². The minimum absolute atomic E-state index is 0.0276. The van der Waals surface area contributed by atoms with Crippen LogP contribution in [0.1, 0.15) is 24.9 Å². The number of benzene rings is 1. The van der Waals surface area contributed by atoms with Crippen LogP contribution in [0.2, 0.25) is 5.02 Å². The SMILES string of the molecule is CCC(N)C(c1ccccc1Cl)N(C)CC(O)COC. The van der Waals surface area contributed by atoms with Gasteiger partial charge in [0.15, 0.2) is 0 Å². The van der Waals surface area contributed by atoms with Crippen LogP contribution in [0.15, 0.2) is 24.3 Å². The highest BCUT2D eigenvalue weighted by molar-refractivity contribution is 6.31. The second-order valence-electron chi connectivity index (χ2n) is 5.09. The molecule has 5 heteroatoms. The van der Waals surface area contributed by atoms with Crippen LogP contribution in [0.5, 0.6) is 0 Å². The lowest BCUT2D eigenvalue weighted by molar-refractivity contribution is 0.0309. The Hall–Kier alpha value is -0.650. The predicted octanol–water partition coefficient (Wildman–Crippen LogP) is 2.06. The first-order valence-corrected chi connectivity index (χ1v) is 7.26. The maximum atomic E-state index is 9.90. The molecule has 114 valence electrons. The lowest BCUT2D eigenvalue weighted by Crippen LogP contribution is -2.43. The van der Waals surface area contributed by atoms with Crippen molar-refractivity contribution in [3.8, 4) is 0 Å². The zero-order chi connectivity index (χ0) is 15.1. The number of aliphatic hydroxyl groups is 1. The number of likely N-dealkylation sites (N-methyl/N-ethyl adjacent to an activating group) is 1. The van der Waals surface area contributed by atoms with E-state index >= 15 is 0 Å². The number of hydrogen-bond donors (Lipinski definition) is 2. The first kappa shape index (κ1) is 17.4. The number of nitrogens with zero attached hydrogens (tertiary/aromatic N) is 1. The standard InChI is InChI=1S/C15H25ClN2O2/c1-4-14(17)15(12-7-5-6-8-13(12)16)18(2)9-11(19)10-20-3/h5-8,11,14-15,19H,4,9-10,17H2,1-3H3. The Morgan fingerprint density at radius 2 is 2.05 bits per heavy atom. The number of halogens is 1. The van der Waals surface area contributed by atoms with Crippen molar-refractivity contribution in [3.63, 3.8) is 0 Å². The van der Waals surface area contributed by atoms with Gasteiger partial charge in [0, 0.05) is 24.7 Å². The molecule has 0 saturated carbocycles. The second kappa shape index (κ2) is 8.60. The van der Waals surface area contributed by atoms with Crippen LogP contribution < -0.4 is 5.73 Å². The Kier molecular flexibility index (Phi) is 7.48. The monoisotopic (exact) mass is 300 g/mol. The van der Waals surface area contributed by atoms with Crippen molar-refractivity contribution in [1.29, 1.82) is 0 Å². The Bertz CT molecular complexity index is 403. The lowest BCUT2D eigenvalue weighted by atomic mass is 9.96. The van der Waals surface area contributed by atoms with E-state index in [4.69, 9.17) is 22.1 Å². The molecule has 0 bridgehead atoms. The highest BCUT2D eigenvalue weighted by Gasteiger charge is 2.26. The van der Waals surface area contributed by atoms with Crippen molar-refractivity contribution in [2.75, 3.05) is 27.3 Å². The third kappa shape index (κ3) is 4.72. The van der Waals surface area contributed by atoms with Crippen molar-refractivity contribution >= 4 is 11.6 Å². The zero-order valence-electron chi connectivity index (χ0n) is 12.4. The molecule has 4 nitrogen and oxygen atoms in total. The molecule has 3 N–H and O–H groups in total. The van der Waals surface area contributed by atoms with Crippen LogP contribution in [0, 0.1) is 0 Å². The fourth-order valence-electron chi connectivity index (χ4n) is 2.42. The maximum Gasteiger partial charge on any atom is 0.0900 e. The van der Waals surface area contributed by atoms with Crippen LogP contribution in [-0.4, -0.2) is 49.5 Å². The Morgan fingerprint density at radius 3 is 2.60 bits per heavy atom. The van der Waals surface area contributed by atoms with E-state index in [9.17, 15) is 5.11 Å². The van der Waals surface area contributed by atoms with Crippen LogP contribution in [-0.2, 0) is 4.74 Å². The van der Waals surface area contributed by atoms with E-state index in [1.54, 1.807) is 7.11 Å². The number of aliphatic hydroxyl groups excluding tert-OH is 1. The quantitative estimate of drug-likeness (QED) is 0.771. The van der Waals surface area contributed by atoms with Gasteiger partial charge in [-0.15, -0.1) is 0 Å². The fourth-order valence-corrected chi connectivity index (χ4v) is 2.67. The molecule has 0 spiro atoms. The number of hydrogen-bond acceptors (Lipinski definition) is 4. The van der Waals surface area contributed by atoms with Gasteiger partial charge in [-0.2, -0.15) is 0 Å². The molecule has 0 saturated heterocycles. The predicted molar refractivity (Wildman–Crippen MR) is 83.0 cm³/mol. The summed E-state index contributed by atoms with van der Waals surface area (Å²) in [6.07, 6.45) is 0.291. The minimum Gasteiger partial charge on any atom is -0.389 e. The lowest BCUT2D eigenvalue weighted by Gasteiger charge is -2.34. The molecular weight excluding hydrogens is 276 g/mol. The smallest absolute Gasteiger partial charge is 0.0900 e. The largest absolute Gasteiger partial charge is 0.389 e. The second-order valence-corrected chi connectivity index (χ2v) is 5.49. The number of ether oxygens (including phenoxy) is 1. The summed E-state index contributed by atoms with van der Waals surface area (Å²) < 4.78 is 4.97. The zero-order valence-corrected chi connectivity index (χ0v) is 13.2. The summed E-state index contributed by atoms with van der Waals surface area (Å²) in [4.78, 5) is 2.04. The highest BCUT2D eigenvalue weighted by Crippen LogP contribution is 2.29. The molecule has 3 unspecified atom stereocenters. The van der Waals surface area contributed by atoms with E-state index in [2.05, 4.69) is 0 Å². The molecule has 0 radical (unpaired) electrons. The van der Waals surface area contributed by atoms with Crippen molar-refractivity contribution < 1.29 is 9.84 Å². The molecule has 0 heterocycles. The Labute approximate surface area is 126 Å².